The van der Waals surface area contributed by atoms with Crippen molar-refractivity contribution in [1.82, 2.24) is 5.32 Å². The van der Waals surface area contributed by atoms with Gasteiger partial charge in [0.1, 0.15) is 0 Å². The van der Waals surface area contributed by atoms with E-state index in [-0.39, 0.29) is 5.60 Å². The Morgan fingerprint density at radius 3 is 2.33 bits per heavy atom. The molecule has 2 nitrogen and oxygen atoms in total. The maximum absolute atomic E-state index is 6.05. The van der Waals surface area contributed by atoms with Gasteiger partial charge in [0.2, 0.25) is 0 Å². The van der Waals surface area contributed by atoms with E-state index in [0.29, 0.717) is 12.0 Å². The van der Waals surface area contributed by atoms with Gasteiger partial charge in [-0.25, -0.2) is 0 Å². The van der Waals surface area contributed by atoms with E-state index in [2.05, 4.69) is 33.0 Å². The molecule has 0 aromatic rings. The number of ether oxygens (including phenoxy) is 1. The zero-order valence-corrected chi connectivity index (χ0v) is 13.1. The molecule has 1 rings (SSSR count). The molecule has 2 unspecified atom stereocenters. The van der Waals surface area contributed by atoms with Gasteiger partial charge in [-0.2, -0.15) is 0 Å². The average Bonchev–Trinajstić information content (AvgIpc) is 2.41. The maximum Gasteiger partial charge on any atom is 0.0833 e. The van der Waals surface area contributed by atoms with Gasteiger partial charge in [0.15, 0.2) is 0 Å². The largest absolute Gasteiger partial charge is 0.377 e. The molecule has 1 fully saturated rings. The van der Waals surface area contributed by atoms with E-state index >= 15 is 0 Å². The van der Waals surface area contributed by atoms with Crippen molar-refractivity contribution in [3.05, 3.63) is 0 Å². The molecule has 0 saturated heterocycles. The molecule has 0 amide bonds. The van der Waals surface area contributed by atoms with Crippen LogP contribution in [0.3, 0.4) is 0 Å². The van der Waals surface area contributed by atoms with Crippen molar-refractivity contribution in [2.75, 3.05) is 13.7 Å². The van der Waals surface area contributed by atoms with Crippen LogP contribution in [-0.2, 0) is 4.74 Å². The van der Waals surface area contributed by atoms with Crippen LogP contribution in [0.5, 0.6) is 0 Å². The number of hydrogen-bond donors (Lipinski definition) is 1. The first-order chi connectivity index (χ1) is 8.59. The molecule has 0 spiro atoms. The highest BCUT2D eigenvalue weighted by atomic mass is 16.5. The molecule has 0 bridgehead atoms. The second-order valence-electron chi connectivity index (χ2n) is 6.27. The zero-order valence-electron chi connectivity index (χ0n) is 13.1. The van der Waals surface area contributed by atoms with E-state index < -0.39 is 0 Å². The monoisotopic (exact) mass is 255 g/mol. The fourth-order valence-electron chi connectivity index (χ4n) is 3.33. The minimum absolute atomic E-state index is 0.0805. The van der Waals surface area contributed by atoms with E-state index in [1.54, 1.807) is 0 Å². The van der Waals surface area contributed by atoms with Crippen LogP contribution in [0.4, 0.5) is 0 Å². The molecule has 1 aliphatic carbocycles. The number of methoxy groups -OCH3 is 1. The van der Waals surface area contributed by atoms with E-state index in [4.69, 9.17) is 4.74 Å². The molecular formula is C16H33NO. The zero-order chi connectivity index (χ0) is 13.6. The minimum atomic E-state index is 0.0805. The van der Waals surface area contributed by atoms with Gasteiger partial charge in [0, 0.05) is 13.2 Å². The standard InChI is InChI=1S/C16H33NO/c1-6-12-17-15(14(4)7-2)16(18-5)10-8-13(3)9-11-16/h13-15,17H,6-12H2,1-5H3. The second-order valence-corrected chi connectivity index (χ2v) is 6.27. The molecule has 2 atom stereocenters. The molecular weight excluding hydrogens is 222 g/mol. The first kappa shape index (κ1) is 16.0. The van der Waals surface area contributed by atoms with Gasteiger partial charge >= 0.3 is 0 Å². The summed E-state index contributed by atoms with van der Waals surface area (Å²) < 4.78 is 6.05. The van der Waals surface area contributed by atoms with Crippen LogP contribution in [0.1, 0.15) is 66.2 Å². The third-order valence-corrected chi connectivity index (χ3v) is 4.92. The number of hydrogen-bond acceptors (Lipinski definition) is 2. The van der Waals surface area contributed by atoms with Crippen molar-refractivity contribution in [3.63, 3.8) is 0 Å². The lowest BCUT2D eigenvalue weighted by Gasteiger charge is -2.46. The van der Waals surface area contributed by atoms with Crippen molar-refractivity contribution >= 4 is 0 Å². The first-order valence-corrected chi connectivity index (χ1v) is 7.88. The van der Waals surface area contributed by atoms with Gasteiger partial charge in [-0.05, 0) is 50.5 Å². The lowest BCUT2D eigenvalue weighted by molar-refractivity contribution is -0.0869. The van der Waals surface area contributed by atoms with E-state index in [0.717, 1.165) is 12.5 Å². The summed E-state index contributed by atoms with van der Waals surface area (Å²) in [4.78, 5) is 0. The SMILES string of the molecule is CCCNC(C(C)CC)C1(OC)CCC(C)CC1. The van der Waals surface area contributed by atoms with Crippen molar-refractivity contribution in [2.45, 2.75) is 77.9 Å². The smallest absolute Gasteiger partial charge is 0.0833 e. The Bertz CT molecular complexity index is 221. The first-order valence-electron chi connectivity index (χ1n) is 7.88. The molecule has 2 heteroatoms. The van der Waals surface area contributed by atoms with Gasteiger partial charge in [-0.1, -0.05) is 34.1 Å². The lowest BCUT2D eigenvalue weighted by atomic mass is 9.71. The fourth-order valence-corrected chi connectivity index (χ4v) is 3.33. The maximum atomic E-state index is 6.05. The van der Waals surface area contributed by atoms with Crippen LogP contribution < -0.4 is 5.32 Å². The average molecular weight is 255 g/mol. The van der Waals surface area contributed by atoms with Crippen molar-refractivity contribution in [3.8, 4) is 0 Å². The van der Waals surface area contributed by atoms with Gasteiger partial charge in [0.05, 0.1) is 5.60 Å². The Labute approximate surface area is 114 Å². The molecule has 1 saturated carbocycles. The fraction of sp³-hybridized carbons (Fsp3) is 1.00. The second kappa shape index (κ2) is 7.49. The van der Waals surface area contributed by atoms with Crippen molar-refractivity contribution in [2.24, 2.45) is 11.8 Å². The molecule has 18 heavy (non-hydrogen) atoms. The summed E-state index contributed by atoms with van der Waals surface area (Å²) in [5.41, 5.74) is 0.0805. The molecule has 1 N–H and O–H groups in total. The van der Waals surface area contributed by atoms with Crippen LogP contribution >= 0.6 is 0 Å². The van der Waals surface area contributed by atoms with Crippen molar-refractivity contribution < 1.29 is 4.74 Å². The van der Waals surface area contributed by atoms with E-state index in [1.165, 1.54) is 38.5 Å². The van der Waals surface area contributed by atoms with Crippen molar-refractivity contribution in [1.29, 1.82) is 0 Å². The minimum Gasteiger partial charge on any atom is -0.377 e. The third-order valence-electron chi connectivity index (χ3n) is 4.92. The normalized spacial score (nSPS) is 32.2. The summed E-state index contributed by atoms with van der Waals surface area (Å²) in [5.74, 6) is 1.56. The van der Waals surface area contributed by atoms with Crippen LogP contribution in [0.15, 0.2) is 0 Å². The number of nitrogens with one attached hydrogen (secondary N) is 1. The van der Waals surface area contributed by atoms with Gasteiger partial charge in [-0.15, -0.1) is 0 Å². The molecule has 1 aliphatic rings. The molecule has 0 aromatic carbocycles. The summed E-state index contributed by atoms with van der Waals surface area (Å²) in [6, 6.07) is 0.514. The van der Waals surface area contributed by atoms with Crippen LogP contribution in [0.2, 0.25) is 0 Å². The van der Waals surface area contributed by atoms with Gasteiger partial charge < -0.3 is 10.1 Å². The highest BCUT2D eigenvalue weighted by molar-refractivity contribution is 4.98. The predicted molar refractivity (Wildman–Crippen MR) is 78.9 cm³/mol. The Kier molecular flexibility index (Phi) is 6.65. The Hall–Kier alpha value is -0.0800. The Balaban J connectivity index is 2.78. The summed E-state index contributed by atoms with van der Waals surface area (Å²) in [6.07, 6.45) is 7.49. The van der Waals surface area contributed by atoms with E-state index in [1.807, 2.05) is 7.11 Å². The highest BCUT2D eigenvalue weighted by Gasteiger charge is 2.43. The summed E-state index contributed by atoms with van der Waals surface area (Å²) in [6.45, 7) is 10.4. The lowest BCUT2D eigenvalue weighted by Crippen LogP contribution is -2.57. The summed E-state index contributed by atoms with van der Waals surface area (Å²) >= 11 is 0. The van der Waals surface area contributed by atoms with Crippen LogP contribution in [0.25, 0.3) is 0 Å². The van der Waals surface area contributed by atoms with Crippen LogP contribution in [0, 0.1) is 11.8 Å². The quantitative estimate of drug-likeness (QED) is 0.742. The van der Waals surface area contributed by atoms with Crippen LogP contribution in [-0.4, -0.2) is 25.3 Å². The Morgan fingerprint density at radius 2 is 1.89 bits per heavy atom. The number of rotatable bonds is 7. The summed E-state index contributed by atoms with van der Waals surface area (Å²) in [7, 11) is 1.92. The van der Waals surface area contributed by atoms with Gasteiger partial charge in [-0.3, -0.25) is 0 Å². The van der Waals surface area contributed by atoms with E-state index in [9.17, 15) is 0 Å². The molecule has 0 aliphatic heterocycles. The third kappa shape index (κ3) is 3.71. The topological polar surface area (TPSA) is 21.3 Å². The molecule has 0 heterocycles. The predicted octanol–water partition coefficient (Wildman–Crippen LogP) is 4.00. The Morgan fingerprint density at radius 1 is 1.28 bits per heavy atom. The highest BCUT2D eigenvalue weighted by Crippen LogP contribution is 2.39. The molecule has 0 aromatic heterocycles. The molecule has 0 radical (unpaired) electrons. The molecule has 108 valence electrons. The summed E-state index contributed by atoms with van der Waals surface area (Å²) in [5, 5.41) is 3.77. The van der Waals surface area contributed by atoms with Gasteiger partial charge in [0.25, 0.3) is 0 Å².